The van der Waals surface area contributed by atoms with Gasteiger partial charge in [0.1, 0.15) is 0 Å². The first-order valence-corrected chi connectivity index (χ1v) is 5.44. The van der Waals surface area contributed by atoms with Crippen molar-refractivity contribution in [2.75, 3.05) is 0 Å². The van der Waals surface area contributed by atoms with Crippen molar-refractivity contribution < 1.29 is 13.2 Å². The lowest BCUT2D eigenvalue weighted by Gasteiger charge is -2.12. The average molecular weight is 229 g/mol. The van der Waals surface area contributed by atoms with E-state index in [9.17, 15) is 13.2 Å². The average Bonchev–Trinajstić information content (AvgIpc) is 3.05. The molecule has 0 aromatic heterocycles. The zero-order valence-electron chi connectivity index (χ0n) is 9.06. The van der Waals surface area contributed by atoms with Crippen LogP contribution in [0.4, 0.5) is 13.2 Å². The first-order chi connectivity index (χ1) is 7.58. The van der Waals surface area contributed by atoms with Crippen LogP contribution in [0, 0.1) is 23.4 Å². The maximum Gasteiger partial charge on any atom is 0.194 e. The van der Waals surface area contributed by atoms with Crippen molar-refractivity contribution in [1.82, 2.24) is 5.32 Å². The van der Waals surface area contributed by atoms with Crippen LogP contribution in [0.2, 0.25) is 0 Å². The second-order valence-corrected chi connectivity index (χ2v) is 4.38. The number of nitrogens with one attached hydrogen (secondary N) is 1. The highest BCUT2D eigenvalue weighted by Gasteiger charge is 2.27. The van der Waals surface area contributed by atoms with E-state index >= 15 is 0 Å². The maximum absolute atomic E-state index is 12.9. The van der Waals surface area contributed by atoms with Crippen molar-refractivity contribution in [3.8, 4) is 0 Å². The zero-order valence-corrected chi connectivity index (χ0v) is 9.06. The summed E-state index contributed by atoms with van der Waals surface area (Å²) in [6, 6.07) is 2.41. The van der Waals surface area contributed by atoms with Crippen molar-refractivity contribution in [1.29, 1.82) is 0 Å². The molecule has 1 aliphatic rings. The predicted octanol–water partition coefficient (Wildman–Crippen LogP) is 2.99. The Hall–Kier alpha value is -1.03. The topological polar surface area (TPSA) is 12.0 Å². The molecule has 1 aliphatic carbocycles. The van der Waals surface area contributed by atoms with Crippen LogP contribution < -0.4 is 5.32 Å². The van der Waals surface area contributed by atoms with Gasteiger partial charge in [0.25, 0.3) is 0 Å². The first kappa shape index (κ1) is 11.5. The summed E-state index contributed by atoms with van der Waals surface area (Å²) in [5.41, 5.74) is 0.434. The first-order valence-electron chi connectivity index (χ1n) is 5.44. The molecule has 1 atom stereocenters. The quantitative estimate of drug-likeness (QED) is 0.782. The van der Waals surface area contributed by atoms with Gasteiger partial charge < -0.3 is 5.32 Å². The van der Waals surface area contributed by atoms with Crippen LogP contribution in [0.3, 0.4) is 0 Å². The van der Waals surface area contributed by atoms with Crippen molar-refractivity contribution in [2.24, 2.45) is 5.92 Å². The molecule has 0 radical (unpaired) electrons. The molecule has 1 aromatic rings. The standard InChI is InChI=1S/C12H14F3N/c1-7(9-2-3-9)16-6-8-4-10(13)12(15)11(14)5-8/h4-5,7,9,16H,2-3,6H2,1H3. The Morgan fingerprint density at radius 2 is 1.81 bits per heavy atom. The summed E-state index contributed by atoms with van der Waals surface area (Å²) in [6.45, 7) is 2.42. The summed E-state index contributed by atoms with van der Waals surface area (Å²) in [7, 11) is 0. The van der Waals surface area contributed by atoms with E-state index in [2.05, 4.69) is 5.32 Å². The van der Waals surface area contributed by atoms with Gasteiger partial charge in [-0.1, -0.05) is 0 Å². The zero-order chi connectivity index (χ0) is 11.7. The van der Waals surface area contributed by atoms with Crippen molar-refractivity contribution >= 4 is 0 Å². The van der Waals surface area contributed by atoms with E-state index in [1.807, 2.05) is 6.92 Å². The molecule has 2 rings (SSSR count). The highest BCUT2D eigenvalue weighted by Crippen LogP contribution is 2.32. The Bertz CT molecular complexity index is 365. The van der Waals surface area contributed by atoms with E-state index in [0.29, 0.717) is 24.1 Å². The monoisotopic (exact) mass is 229 g/mol. The minimum absolute atomic E-state index is 0.344. The molecule has 1 aromatic carbocycles. The Kier molecular flexibility index (Phi) is 3.19. The molecule has 0 amide bonds. The molecule has 0 saturated heterocycles. The maximum atomic E-state index is 12.9. The van der Waals surface area contributed by atoms with E-state index in [4.69, 9.17) is 0 Å². The second-order valence-electron chi connectivity index (χ2n) is 4.38. The van der Waals surface area contributed by atoms with Gasteiger partial charge in [-0.05, 0) is 43.4 Å². The Morgan fingerprint density at radius 3 is 2.31 bits per heavy atom. The van der Waals surface area contributed by atoms with Crippen molar-refractivity contribution in [2.45, 2.75) is 32.4 Å². The highest BCUT2D eigenvalue weighted by molar-refractivity contribution is 5.19. The molecule has 0 bridgehead atoms. The van der Waals surface area contributed by atoms with Gasteiger partial charge in [0, 0.05) is 12.6 Å². The van der Waals surface area contributed by atoms with E-state index < -0.39 is 17.5 Å². The van der Waals surface area contributed by atoms with Crippen LogP contribution in [0.1, 0.15) is 25.3 Å². The van der Waals surface area contributed by atoms with Gasteiger partial charge in [-0.3, -0.25) is 0 Å². The molecule has 88 valence electrons. The molecule has 1 unspecified atom stereocenters. The number of benzene rings is 1. The summed E-state index contributed by atoms with van der Waals surface area (Å²) < 4.78 is 38.5. The summed E-state index contributed by atoms with van der Waals surface area (Å²) >= 11 is 0. The fourth-order valence-electron chi connectivity index (χ4n) is 1.75. The minimum Gasteiger partial charge on any atom is -0.310 e. The third-order valence-corrected chi connectivity index (χ3v) is 3.00. The third-order valence-electron chi connectivity index (χ3n) is 3.00. The minimum atomic E-state index is -1.40. The normalized spacial score (nSPS) is 17.5. The Labute approximate surface area is 92.7 Å². The largest absolute Gasteiger partial charge is 0.310 e. The molecular weight excluding hydrogens is 215 g/mol. The number of halogens is 3. The third kappa shape index (κ3) is 2.55. The molecule has 1 saturated carbocycles. The SMILES string of the molecule is CC(NCc1cc(F)c(F)c(F)c1)C1CC1. The van der Waals surface area contributed by atoms with Crippen LogP contribution in [-0.2, 0) is 6.54 Å². The number of hydrogen-bond donors (Lipinski definition) is 1. The molecule has 1 nitrogen and oxygen atoms in total. The predicted molar refractivity (Wildman–Crippen MR) is 55.3 cm³/mol. The highest BCUT2D eigenvalue weighted by atomic mass is 19.2. The molecule has 4 heteroatoms. The molecule has 16 heavy (non-hydrogen) atoms. The smallest absolute Gasteiger partial charge is 0.194 e. The summed E-state index contributed by atoms with van der Waals surface area (Å²) in [6.07, 6.45) is 2.42. The Balaban J connectivity index is 1.98. The van der Waals surface area contributed by atoms with E-state index in [1.165, 1.54) is 12.8 Å². The summed E-state index contributed by atoms with van der Waals surface area (Å²) in [5.74, 6) is -2.99. The fraction of sp³-hybridized carbons (Fsp3) is 0.500. The molecule has 1 fully saturated rings. The van der Waals surface area contributed by atoms with Crippen LogP contribution >= 0.6 is 0 Å². The van der Waals surface area contributed by atoms with E-state index in [-0.39, 0.29) is 0 Å². The molecule has 0 aliphatic heterocycles. The van der Waals surface area contributed by atoms with Crippen LogP contribution in [0.5, 0.6) is 0 Å². The lowest BCUT2D eigenvalue weighted by atomic mass is 10.1. The molecule has 1 N–H and O–H groups in total. The molecule has 0 heterocycles. The van der Waals surface area contributed by atoms with Crippen LogP contribution in [0.15, 0.2) is 12.1 Å². The molecule has 0 spiro atoms. The van der Waals surface area contributed by atoms with Gasteiger partial charge in [0.05, 0.1) is 0 Å². The number of hydrogen-bond acceptors (Lipinski definition) is 1. The van der Waals surface area contributed by atoms with Gasteiger partial charge in [-0.2, -0.15) is 0 Å². The van der Waals surface area contributed by atoms with Crippen molar-refractivity contribution in [3.05, 3.63) is 35.1 Å². The van der Waals surface area contributed by atoms with Gasteiger partial charge >= 0.3 is 0 Å². The lowest BCUT2D eigenvalue weighted by Crippen LogP contribution is -2.27. The van der Waals surface area contributed by atoms with Gasteiger partial charge in [0.15, 0.2) is 17.5 Å². The fourth-order valence-corrected chi connectivity index (χ4v) is 1.75. The Morgan fingerprint density at radius 1 is 1.25 bits per heavy atom. The van der Waals surface area contributed by atoms with Gasteiger partial charge in [-0.25, -0.2) is 13.2 Å². The van der Waals surface area contributed by atoms with E-state index in [0.717, 1.165) is 12.1 Å². The van der Waals surface area contributed by atoms with Crippen molar-refractivity contribution in [3.63, 3.8) is 0 Å². The lowest BCUT2D eigenvalue weighted by molar-refractivity contribution is 0.441. The van der Waals surface area contributed by atoms with Gasteiger partial charge in [0.2, 0.25) is 0 Å². The second kappa shape index (κ2) is 4.45. The van der Waals surface area contributed by atoms with E-state index in [1.54, 1.807) is 0 Å². The molecular formula is C12H14F3N. The van der Waals surface area contributed by atoms with Crippen LogP contribution in [0.25, 0.3) is 0 Å². The summed E-state index contributed by atoms with van der Waals surface area (Å²) in [4.78, 5) is 0. The number of rotatable bonds is 4. The van der Waals surface area contributed by atoms with Gasteiger partial charge in [-0.15, -0.1) is 0 Å². The summed E-state index contributed by atoms with van der Waals surface area (Å²) in [5, 5.41) is 3.18. The van der Waals surface area contributed by atoms with Crippen LogP contribution in [-0.4, -0.2) is 6.04 Å².